The molecule has 0 amide bonds. The van der Waals surface area contributed by atoms with Gasteiger partial charge in [0.25, 0.3) is 0 Å². The molecular formula is C14H20ClNO3S. The topological polar surface area (TPSA) is 55.4 Å². The number of nitrogens with one attached hydrogen (secondary N) is 1. The average molecular weight is 318 g/mol. The Labute approximate surface area is 125 Å². The molecule has 0 aromatic heterocycles. The molecule has 20 heavy (non-hydrogen) atoms. The van der Waals surface area contributed by atoms with Crippen LogP contribution >= 0.6 is 11.6 Å². The van der Waals surface area contributed by atoms with Gasteiger partial charge in [0.1, 0.15) is 15.6 Å². The Hall–Kier alpha value is -0.780. The molecule has 4 nitrogen and oxygen atoms in total. The summed E-state index contributed by atoms with van der Waals surface area (Å²) in [7, 11) is -2.93. The van der Waals surface area contributed by atoms with E-state index in [1.807, 2.05) is 18.2 Å². The van der Waals surface area contributed by atoms with E-state index in [9.17, 15) is 8.42 Å². The van der Waals surface area contributed by atoms with E-state index in [4.69, 9.17) is 16.3 Å². The van der Waals surface area contributed by atoms with Crippen LogP contribution in [0.25, 0.3) is 0 Å². The van der Waals surface area contributed by atoms with Crippen molar-refractivity contribution in [2.24, 2.45) is 0 Å². The van der Waals surface area contributed by atoms with Gasteiger partial charge >= 0.3 is 0 Å². The van der Waals surface area contributed by atoms with Crippen LogP contribution < -0.4 is 10.1 Å². The van der Waals surface area contributed by atoms with Gasteiger partial charge in [-0.15, -0.1) is 0 Å². The summed E-state index contributed by atoms with van der Waals surface area (Å²) >= 11 is 6.16. The molecule has 2 rings (SSSR count). The Bertz CT molecular complexity index is 556. The van der Waals surface area contributed by atoms with Crippen molar-refractivity contribution in [1.82, 2.24) is 5.32 Å². The van der Waals surface area contributed by atoms with Crippen LogP contribution in [-0.2, 0) is 16.4 Å². The molecule has 1 aromatic carbocycles. The minimum atomic E-state index is -2.93. The second kappa shape index (κ2) is 6.78. The van der Waals surface area contributed by atoms with Crippen LogP contribution in [0.4, 0.5) is 0 Å². The van der Waals surface area contributed by atoms with Crippen molar-refractivity contribution >= 4 is 21.4 Å². The van der Waals surface area contributed by atoms with Gasteiger partial charge in [0.05, 0.1) is 17.4 Å². The van der Waals surface area contributed by atoms with Crippen molar-refractivity contribution in [3.05, 3.63) is 28.8 Å². The molecule has 0 bridgehead atoms. The standard InChI is InChI=1S/C14H20ClNO3S/c1-20(17,18)8-2-7-19-14-6-3-11(9-13(14)15)10-16-12-4-5-12/h3,6,9,12,16H,2,4-5,7-8,10H2,1H3. The third-order valence-corrected chi connectivity index (χ3v) is 4.41. The maximum Gasteiger partial charge on any atom is 0.147 e. The second-order valence-corrected chi connectivity index (χ2v) is 7.92. The van der Waals surface area contributed by atoms with Gasteiger partial charge in [-0.1, -0.05) is 17.7 Å². The largest absolute Gasteiger partial charge is 0.492 e. The number of hydrogen-bond donors (Lipinski definition) is 1. The van der Waals surface area contributed by atoms with Gasteiger partial charge in [-0.25, -0.2) is 8.42 Å². The zero-order valence-corrected chi connectivity index (χ0v) is 13.1. The van der Waals surface area contributed by atoms with E-state index in [1.165, 1.54) is 19.1 Å². The lowest BCUT2D eigenvalue weighted by Gasteiger charge is -2.10. The number of ether oxygens (including phenoxy) is 1. The molecular weight excluding hydrogens is 298 g/mol. The van der Waals surface area contributed by atoms with Crippen molar-refractivity contribution in [3.63, 3.8) is 0 Å². The molecule has 0 unspecified atom stereocenters. The summed E-state index contributed by atoms with van der Waals surface area (Å²) in [6.45, 7) is 1.17. The van der Waals surface area contributed by atoms with Crippen LogP contribution in [0.15, 0.2) is 18.2 Å². The van der Waals surface area contributed by atoms with Gasteiger partial charge < -0.3 is 10.1 Å². The Morgan fingerprint density at radius 1 is 1.40 bits per heavy atom. The molecule has 0 heterocycles. The van der Waals surface area contributed by atoms with E-state index in [0.717, 1.165) is 12.1 Å². The molecule has 1 aromatic rings. The minimum absolute atomic E-state index is 0.133. The smallest absolute Gasteiger partial charge is 0.147 e. The first-order valence-corrected chi connectivity index (χ1v) is 9.20. The zero-order valence-electron chi connectivity index (χ0n) is 11.6. The SMILES string of the molecule is CS(=O)(=O)CCCOc1ccc(CNC2CC2)cc1Cl. The molecule has 0 spiro atoms. The van der Waals surface area contributed by atoms with Gasteiger partial charge in [0.2, 0.25) is 0 Å². The first-order valence-electron chi connectivity index (χ1n) is 6.76. The van der Waals surface area contributed by atoms with Gasteiger partial charge in [0.15, 0.2) is 0 Å². The molecule has 1 fully saturated rings. The Morgan fingerprint density at radius 2 is 2.15 bits per heavy atom. The van der Waals surface area contributed by atoms with Crippen LogP contribution in [0.3, 0.4) is 0 Å². The molecule has 112 valence electrons. The number of sulfone groups is 1. The van der Waals surface area contributed by atoms with Crippen molar-refractivity contribution in [3.8, 4) is 5.75 Å². The fourth-order valence-corrected chi connectivity index (χ4v) is 2.72. The number of benzene rings is 1. The quantitative estimate of drug-likeness (QED) is 0.748. The number of hydrogen-bond acceptors (Lipinski definition) is 4. The van der Waals surface area contributed by atoms with Crippen LogP contribution in [0.1, 0.15) is 24.8 Å². The average Bonchev–Trinajstić information content (AvgIpc) is 3.17. The fraction of sp³-hybridized carbons (Fsp3) is 0.571. The summed E-state index contributed by atoms with van der Waals surface area (Å²) in [5, 5.41) is 3.99. The fourth-order valence-electron chi connectivity index (χ4n) is 1.82. The predicted molar refractivity (Wildman–Crippen MR) is 81.1 cm³/mol. The molecule has 6 heteroatoms. The lowest BCUT2D eigenvalue weighted by molar-refractivity contribution is 0.318. The molecule has 1 aliphatic rings. The van der Waals surface area contributed by atoms with Gasteiger partial charge in [-0.2, -0.15) is 0 Å². The maximum atomic E-state index is 11.0. The predicted octanol–water partition coefficient (Wildman–Crippen LogP) is 2.41. The van der Waals surface area contributed by atoms with Gasteiger partial charge in [0, 0.05) is 18.8 Å². The Kier molecular flexibility index (Phi) is 5.29. The summed E-state index contributed by atoms with van der Waals surface area (Å²) in [6, 6.07) is 6.38. The molecule has 0 aliphatic heterocycles. The highest BCUT2D eigenvalue weighted by molar-refractivity contribution is 7.90. The Morgan fingerprint density at radius 3 is 2.75 bits per heavy atom. The summed E-state index contributed by atoms with van der Waals surface area (Å²) in [4.78, 5) is 0. The van der Waals surface area contributed by atoms with Gasteiger partial charge in [-0.05, 0) is 37.0 Å². The van der Waals surface area contributed by atoms with E-state index in [-0.39, 0.29) is 5.75 Å². The molecule has 1 N–H and O–H groups in total. The molecule has 1 saturated carbocycles. The molecule has 0 atom stereocenters. The molecule has 0 saturated heterocycles. The number of halogens is 1. The van der Waals surface area contributed by atoms with E-state index in [0.29, 0.717) is 29.8 Å². The van der Waals surface area contributed by atoms with E-state index in [1.54, 1.807) is 0 Å². The minimum Gasteiger partial charge on any atom is -0.492 e. The first-order chi connectivity index (χ1) is 9.44. The van der Waals surface area contributed by atoms with Crippen molar-refractivity contribution in [1.29, 1.82) is 0 Å². The zero-order chi connectivity index (χ0) is 14.6. The van der Waals surface area contributed by atoms with Crippen molar-refractivity contribution < 1.29 is 13.2 Å². The lowest BCUT2D eigenvalue weighted by Crippen LogP contribution is -2.15. The van der Waals surface area contributed by atoms with E-state index >= 15 is 0 Å². The summed E-state index contributed by atoms with van der Waals surface area (Å²) in [5.74, 6) is 0.740. The maximum absolute atomic E-state index is 11.0. The van der Waals surface area contributed by atoms with E-state index < -0.39 is 9.84 Å². The normalized spacial score (nSPS) is 15.3. The van der Waals surface area contributed by atoms with E-state index in [2.05, 4.69) is 5.32 Å². The highest BCUT2D eigenvalue weighted by Gasteiger charge is 2.20. The van der Waals surface area contributed by atoms with Gasteiger partial charge in [-0.3, -0.25) is 0 Å². The van der Waals surface area contributed by atoms with Crippen LogP contribution in [0, 0.1) is 0 Å². The van der Waals surface area contributed by atoms with Crippen molar-refractivity contribution in [2.75, 3.05) is 18.6 Å². The summed E-state index contributed by atoms with van der Waals surface area (Å²) < 4.78 is 27.5. The van der Waals surface area contributed by atoms with Crippen LogP contribution in [-0.4, -0.2) is 33.1 Å². The molecule has 1 aliphatic carbocycles. The third-order valence-electron chi connectivity index (χ3n) is 3.09. The van der Waals surface area contributed by atoms with Crippen LogP contribution in [0.2, 0.25) is 5.02 Å². The Balaban J connectivity index is 1.79. The van der Waals surface area contributed by atoms with Crippen LogP contribution in [0.5, 0.6) is 5.75 Å². The van der Waals surface area contributed by atoms with Crippen molar-refractivity contribution in [2.45, 2.75) is 31.8 Å². The highest BCUT2D eigenvalue weighted by atomic mass is 35.5. The summed E-state index contributed by atoms with van der Waals surface area (Å²) in [5.41, 5.74) is 1.13. The highest BCUT2D eigenvalue weighted by Crippen LogP contribution is 2.26. The third kappa shape index (κ3) is 5.69. The number of rotatable bonds is 8. The second-order valence-electron chi connectivity index (χ2n) is 5.25. The summed E-state index contributed by atoms with van der Waals surface area (Å²) in [6.07, 6.45) is 4.21. The monoisotopic (exact) mass is 317 g/mol. The molecule has 0 radical (unpaired) electrons. The first kappa shape index (κ1) is 15.6. The lowest BCUT2D eigenvalue weighted by atomic mass is 10.2.